The minimum absolute atomic E-state index is 0.0304. The number of nitrogens with zero attached hydrogens (tertiary/aromatic N) is 1. The van der Waals surface area contributed by atoms with Crippen LogP contribution >= 0.6 is 11.8 Å². The number of aryl methyl sites for hydroxylation is 1. The van der Waals surface area contributed by atoms with Crippen molar-refractivity contribution < 1.29 is 8.42 Å². The van der Waals surface area contributed by atoms with Crippen molar-refractivity contribution in [2.75, 3.05) is 19.3 Å². The Labute approximate surface area is 132 Å². The Bertz CT molecular complexity index is 602. The monoisotopic (exact) mass is 328 g/mol. The molecule has 0 aliphatic carbocycles. The lowest BCUT2D eigenvalue weighted by molar-refractivity contribution is 0.340. The molecule has 118 valence electrons. The van der Waals surface area contributed by atoms with Crippen LogP contribution in [0.1, 0.15) is 25.0 Å². The van der Waals surface area contributed by atoms with Gasteiger partial charge in [-0.25, -0.2) is 8.42 Å². The van der Waals surface area contributed by atoms with E-state index < -0.39 is 10.0 Å². The van der Waals surface area contributed by atoms with Crippen molar-refractivity contribution in [1.29, 1.82) is 0 Å². The lowest BCUT2D eigenvalue weighted by atomic mass is 10.1. The molecule has 0 radical (unpaired) electrons. The van der Waals surface area contributed by atoms with E-state index in [-0.39, 0.29) is 6.04 Å². The van der Waals surface area contributed by atoms with E-state index in [0.29, 0.717) is 23.2 Å². The smallest absolute Gasteiger partial charge is 0.243 e. The maximum atomic E-state index is 12.9. The standard InChI is InChI=1S/C15H24N2O2S2/c1-11-5-6-15(9-14(11)10-16-4)21(18,19)17-7-8-20-13(3)12(17)2/h5-6,9,12-13,16H,7-8,10H2,1-4H3. The van der Waals surface area contributed by atoms with Crippen molar-refractivity contribution in [3.8, 4) is 0 Å². The van der Waals surface area contributed by atoms with E-state index >= 15 is 0 Å². The van der Waals surface area contributed by atoms with E-state index in [1.165, 1.54) is 0 Å². The van der Waals surface area contributed by atoms with E-state index in [4.69, 9.17) is 0 Å². The number of nitrogens with one attached hydrogen (secondary N) is 1. The summed E-state index contributed by atoms with van der Waals surface area (Å²) in [5.74, 6) is 0.861. The predicted molar refractivity (Wildman–Crippen MR) is 89.2 cm³/mol. The fraction of sp³-hybridized carbons (Fsp3) is 0.600. The van der Waals surface area contributed by atoms with Crippen LogP contribution in [0.2, 0.25) is 0 Å². The molecule has 4 nitrogen and oxygen atoms in total. The molecule has 1 saturated heterocycles. The zero-order chi connectivity index (χ0) is 15.6. The quantitative estimate of drug-likeness (QED) is 0.921. The summed E-state index contributed by atoms with van der Waals surface area (Å²) in [5, 5.41) is 3.42. The first-order valence-electron chi connectivity index (χ1n) is 7.25. The number of hydrogen-bond donors (Lipinski definition) is 1. The van der Waals surface area contributed by atoms with Gasteiger partial charge in [0.15, 0.2) is 0 Å². The summed E-state index contributed by atoms with van der Waals surface area (Å²) in [6.07, 6.45) is 0. The van der Waals surface area contributed by atoms with Gasteiger partial charge in [-0.3, -0.25) is 0 Å². The number of benzene rings is 1. The van der Waals surface area contributed by atoms with Crippen LogP contribution in [0.3, 0.4) is 0 Å². The van der Waals surface area contributed by atoms with E-state index in [1.807, 2.05) is 38.7 Å². The van der Waals surface area contributed by atoms with Crippen LogP contribution in [-0.2, 0) is 16.6 Å². The largest absolute Gasteiger partial charge is 0.316 e. The lowest BCUT2D eigenvalue weighted by Crippen LogP contribution is -2.47. The maximum absolute atomic E-state index is 12.9. The molecular formula is C15H24N2O2S2. The molecule has 2 unspecified atom stereocenters. The summed E-state index contributed by atoms with van der Waals surface area (Å²) >= 11 is 1.84. The topological polar surface area (TPSA) is 49.4 Å². The highest BCUT2D eigenvalue weighted by Gasteiger charge is 2.35. The minimum atomic E-state index is -3.41. The van der Waals surface area contributed by atoms with Crippen molar-refractivity contribution in [3.63, 3.8) is 0 Å². The Kier molecular flexibility index (Phi) is 5.35. The van der Waals surface area contributed by atoms with Gasteiger partial charge in [-0.15, -0.1) is 0 Å². The molecule has 1 aliphatic heterocycles. The Morgan fingerprint density at radius 2 is 2.10 bits per heavy atom. The average molecular weight is 329 g/mol. The molecule has 0 bridgehead atoms. The second-order valence-corrected chi connectivity index (χ2v) is 8.93. The van der Waals surface area contributed by atoms with Crippen LogP contribution in [0, 0.1) is 6.92 Å². The van der Waals surface area contributed by atoms with E-state index in [1.54, 1.807) is 16.4 Å². The molecule has 21 heavy (non-hydrogen) atoms. The fourth-order valence-corrected chi connectivity index (χ4v) is 5.62. The number of thioether (sulfide) groups is 1. The van der Waals surface area contributed by atoms with Crippen molar-refractivity contribution in [1.82, 2.24) is 9.62 Å². The van der Waals surface area contributed by atoms with E-state index in [9.17, 15) is 8.42 Å². The molecule has 2 atom stereocenters. The van der Waals surface area contributed by atoms with Gasteiger partial charge in [0.1, 0.15) is 0 Å². The second kappa shape index (κ2) is 6.69. The van der Waals surface area contributed by atoms with Crippen molar-refractivity contribution in [2.24, 2.45) is 0 Å². The van der Waals surface area contributed by atoms with Crippen LogP contribution in [0.5, 0.6) is 0 Å². The highest BCUT2D eigenvalue weighted by atomic mass is 32.2. The summed E-state index contributed by atoms with van der Waals surface area (Å²) in [7, 11) is -1.54. The summed E-state index contributed by atoms with van der Waals surface area (Å²) in [5.41, 5.74) is 2.14. The zero-order valence-electron chi connectivity index (χ0n) is 13.1. The van der Waals surface area contributed by atoms with Crippen molar-refractivity contribution in [3.05, 3.63) is 29.3 Å². The van der Waals surface area contributed by atoms with Gasteiger partial charge >= 0.3 is 0 Å². The summed E-state index contributed by atoms with van der Waals surface area (Å²) in [6.45, 7) is 7.37. The Morgan fingerprint density at radius 1 is 1.38 bits per heavy atom. The Balaban J connectivity index is 2.37. The molecule has 1 N–H and O–H groups in total. The Morgan fingerprint density at radius 3 is 2.76 bits per heavy atom. The molecule has 1 aliphatic rings. The van der Waals surface area contributed by atoms with Gasteiger partial charge in [0, 0.05) is 30.1 Å². The van der Waals surface area contributed by atoms with Gasteiger partial charge in [-0.05, 0) is 44.2 Å². The molecule has 1 aromatic rings. The van der Waals surface area contributed by atoms with Crippen molar-refractivity contribution >= 4 is 21.8 Å². The van der Waals surface area contributed by atoms with Gasteiger partial charge in [-0.1, -0.05) is 13.0 Å². The third kappa shape index (κ3) is 3.44. The first kappa shape index (κ1) is 16.8. The molecule has 1 aromatic carbocycles. The van der Waals surface area contributed by atoms with Crippen LogP contribution in [0.15, 0.2) is 23.1 Å². The van der Waals surface area contributed by atoms with Gasteiger partial charge in [0.05, 0.1) is 4.90 Å². The molecule has 0 amide bonds. The third-order valence-corrected chi connectivity index (χ3v) is 7.44. The van der Waals surface area contributed by atoms with Gasteiger partial charge in [-0.2, -0.15) is 16.1 Å². The summed E-state index contributed by atoms with van der Waals surface area (Å²) in [6, 6.07) is 5.46. The normalized spacial score (nSPS) is 24.2. The molecular weight excluding hydrogens is 304 g/mol. The molecule has 6 heteroatoms. The molecule has 0 spiro atoms. The predicted octanol–water partition coefficient (Wildman–Crippen LogP) is 2.23. The number of rotatable bonds is 4. The van der Waals surface area contributed by atoms with Gasteiger partial charge in [0.2, 0.25) is 10.0 Å². The number of sulfonamides is 1. The SMILES string of the molecule is CNCc1cc(S(=O)(=O)N2CCSC(C)C2C)ccc1C. The first-order valence-corrected chi connectivity index (χ1v) is 9.74. The molecule has 2 rings (SSSR count). The molecule has 1 heterocycles. The zero-order valence-corrected chi connectivity index (χ0v) is 14.7. The van der Waals surface area contributed by atoms with Gasteiger partial charge in [0.25, 0.3) is 0 Å². The minimum Gasteiger partial charge on any atom is -0.316 e. The van der Waals surface area contributed by atoms with Crippen molar-refractivity contribution in [2.45, 2.75) is 43.5 Å². The lowest BCUT2D eigenvalue weighted by Gasteiger charge is -2.36. The third-order valence-electron chi connectivity index (χ3n) is 4.12. The van der Waals surface area contributed by atoms with Crippen LogP contribution in [0.4, 0.5) is 0 Å². The second-order valence-electron chi connectivity index (χ2n) is 5.55. The summed E-state index contributed by atoms with van der Waals surface area (Å²) < 4.78 is 27.5. The molecule has 0 saturated carbocycles. The average Bonchev–Trinajstić information content (AvgIpc) is 2.44. The van der Waals surface area contributed by atoms with Crippen LogP contribution < -0.4 is 5.32 Å². The van der Waals surface area contributed by atoms with Crippen LogP contribution in [-0.4, -0.2) is 43.4 Å². The Hall–Kier alpha value is -0.560. The fourth-order valence-electron chi connectivity index (χ4n) is 2.57. The van der Waals surface area contributed by atoms with Crippen LogP contribution in [0.25, 0.3) is 0 Å². The highest BCUT2D eigenvalue weighted by Crippen LogP contribution is 2.30. The molecule has 1 fully saturated rings. The van der Waals surface area contributed by atoms with E-state index in [0.717, 1.165) is 16.9 Å². The number of hydrogen-bond acceptors (Lipinski definition) is 4. The molecule has 0 aromatic heterocycles. The maximum Gasteiger partial charge on any atom is 0.243 e. The van der Waals surface area contributed by atoms with E-state index in [2.05, 4.69) is 12.2 Å². The highest BCUT2D eigenvalue weighted by molar-refractivity contribution is 8.00. The summed E-state index contributed by atoms with van der Waals surface area (Å²) in [4.78, 5) is 0.407. The van der Waals surface area contributed by atoms with Gasteiger partial charge < -0.3 is 5.32 Å². The first-order chi connectivity index (χ1) is 9.87.